The Balaban J connectivity index is 1.48. The summed E-state index contributed by atoms with van der Waals surface area (Å²) in [6.45, 7) is 8.89. The molecule has 1 aromatic heterocycles. The Morgan fingerprint density at radius 3 is 2.54 bits per heavy atom. The molecule has 0 atom stereocenters. The second kappa shape index (κ2) is 8.94. The number of carbonyl (C=O) groups is 1. The molecule has 1 amide bonds. The fraction of sp³-hybridized carbons (Fsp3) is 0.185. The monoisotopic (exact) mass is 503 g/mol. The number of para-hydroxylation sites is 1. The van der Waals surface area contributed by atoms with Gasteiger partial charge in [-0.3, -0.25) is 9.10 Å². The highest BCUT2D eigenvalue weighted by Gasteiger charge is 2.30. The van der Waals surface area contributed by atoms with Crippen LogP contribution >= 0.6 is 11.3 Å². The number of amides is 1. The Morgan fingerprint density at radius 2 is 1.80 bits per heavy atom. The zero-order valence-corrected chi connectivity index (χ0v) is 21.2. The second-order valence-electron chi connectivity index (χ2n) is 8.59. The minimum atomic E-state index is -3.71. The van der Waals surface area contributed by atoms with E-state index in [1.807, 2.05) is 28.8 Å². The predicted octanol–water partition coefficient (Wildman–Crippen LogP) is 5.00. The lowest BCUT2D eigenvalue weighted by Gasteiger charge is -2.19. The van der Waals surface area contributed by atoms with Gasteiger partial charge in [0.2, 0.25) is 0 Å². The van der Waals surface area contributed by atoms with Gasteiger partial charge in [-0.2, -0.15) is 4.99 Å². The van der Waals surface area contributed by atoms with Crippen LogP contribution in [0.5, 0.6) is 0 Å². The smallest absolute Gasteiger partial charge is 0.279 e. The number of sulfonamides is 1. The minimum absolute atomic E-state index is 0.153. The topological polar surface area (TPSA) is 71.7 Å². The van der Waals surface area contributed by atoms with E-state index in [1.165, 1.54) is 51.0 Å². The van der Waals surface area contributed by atoms with Crippen molar-refractivity contribution in [3.63, 3.8) is 0 Å². The van der Waals surface area contributed by atoms with Gasteiger partial charge in [0.05, 0.1) is 20.8 Å². The summed E-state index contributed by atoms with van der Waals surface area (Å²) < 4.78 is 31.0. The van der Waals surface area contributed by atoms with Gasteiger partial charge in [-0.1, -0.05) is 35.6 Å². The molecule has 0 aliphatic carbocycles. The molecule has 8 heteroatoms. The number of aromatic nitrogens is 1. The molecule has 3 aromatic carbocycles. The molecule has 0 bridgehead atoms. The van der Waals surface area contributed by atoms with Crippen LogP contribution in [0.1, 0.15) is 27.0 Å². The molecule has 35 heavy (non-hydrogen) atoms. The highest BCUT2D eigenvalue weighted by Crippen LogP contribution is 2.32. The molecule has 2 heterocycles. The van der Waals surface area contributed by atoms with E-state index < -0.39 is 15.9 Å². The minimum Gasteiger partial charge on any atom is -0.312 e. The Hall–Kier alpha value is -3.49. The lowest BCUT2D eigenvalue weighted by atomic mass is 10.1. The van der Waals surface area contributed by atoms with Crippen molar-refractivity contribution in [1.82, 2.24) is 4.57 Å². The lowest BCUT2D eigenvalue weighted by molar-refractivity contribution is 0.0998. The number of rotatable bonds is 5. The van der Waals surface area contributed by atoms with Gasteiger partial charge < -0.3 is 4.57 Å². The third-order valence-electron chi connectivity index (χ3n) is 6.34. The number of anilines is 1. The largest absolute Gasteiger partial charge is 0.312 e. The van der Waals surface area contributed by atoms with Crippen LogP contribution in [-0.2, 0) is 23.0 Å². The first-order chi connectivity index (χ1) is 16.8. The summed E-state index contributed by atoms with van der Waals surface area (Å²) in [5.74, 6) is -0.418. The molecule has 0 N–H and O–H groups in total. The van der Waals surface area contributed by atoms with Crippen LogP contribution in [0.15, 0.2) is 83.2 Å². The lowest BCUT2D eigenvalue weighted by Crippen LogP contribution is -2.29. The highest BCUT2D eigenvalue weighted by atomic mass is 32.2. The average Bonchev–Trinajstić information content (AvgIpc) is 3.42. The molecule has 0 unspecified atom stereocenters. The maximum absolute atomic E-state index is 13.2. The van der Waals surface area contributed by atoms with Crippen molar-refractivity contribution in [2.24, 2.45) is 4.99 Å². The second-order valence-corrected chi connectivity index (χ2v) is 11.5. The molecule has 0 saturated heterocycles. The zero-order chi connectivity index (χ0) is 24.7. The Bertz CT molecular complexity index is 1650. The van der Waals surface area contributed by atoms with Crippen LogP contribution in [0, 0.1) is 13.8 Å². The van der Waals surface area contributed by atoms with Crippen LogP contribution in [0.3, 0.4) is 0 Å². The van der Waals surface area contributed by atoms with E-state index in [9.17, 15) is 13.2 Å². The maximum atomic E-state index is 13.2. The van der Waals surface area contributed by atoms with Gasteiger partial charge in [0, 0.05) is 18.7 Å². The Kier molecular flexibility index (Phi) is 5.94. The molecule has 0 radical (unpaired) electrons. The molecule has 4 aromatic rings. The van der Waals surface area contributed by atoms with Crippen molar-refractivity contribution in [2.75, 3.05) is 10.8 Å². The Labute approximate surface area is 208 Å². The fourth-order valence-corrected chi connectivity index (χ4v) is 6.94. The third kappa shape index (κ3) is 4.13. The quantitative estimate of drug-likeness (QED) is 0.360. The first-order valence-electron chi connectivity index (χ1n) is 11.3. The van der Waals surface area contributed by atoms with E-state index in [1.54, 1.807) is 6.08 Å². The van der Waals surface area contributed by atoms with Crippen molar-refractivity contribution >= 4 is 43.2 Å². The summed E-state index contributed by atoms with van der Waals surface area (Å²) in [6.07, 6.45) is 2.46. The van der Waals surface area contributed by atoms with E-state index in [2.05, 4.69) is 37.6 Å². The molecule has 0 spiro atoms. The summed E-state index contributed by atoms with van der Waals surface area (Å²) in [7, 11) is -3.71. The highest BCUT2D eigenvalue weighted by molar-refractivity contribution is 7.92. The molecular weight excluding hydrogens is 478 g/mol. The van der Waals surface area contributed by atoms with Crippen LogP contribution in [-0.4, -0.2) is 25.4 Å². The average molecular weight is 504 g/mol. The SMILES string of the molecule is C=CCn1c(=NC(=O)c2ccc(S(=O)(=O)N3CCc4ccccc43)cc2)sc2cc(C)c(C)cc21. The number of hydrogen-bond donors (Lipinski definition) is 0. The van der Waals surface area contributed by atoms with Gasteiger partial charge in [-0.25, -0.2) is 8.42 Å². The fourth-order valence-electron chi connectivity index (χ4n) is 4.32. The number of carbonyl (C=O) groups excluding carboxylic acids is 1. The molecule has 1 aliphatic heterocycles. The van der Waals surface area contributed by atoms with Gasteiger partial charge >= 0.3 is 0 Å². The summed E-state index contributed by atoms with van der Waals surface area (Å²) in [5.41, 5.74) is 5.42. The zero-order valence-electron chi connectivity index (χ0n) is 19.6. The first-order valence-corrected chi connectivity index (χ1v) is 13.6. The van der Waals surface area contributed by atoms with Crippen LogP contribution in [0.2, 0.25) is 0 Å². The third-order valence-corrected chi connectivity index (χ3v) is 9.21. The van der Waals surface area contributed by atoms with Gasteiger partial charge in [0.1, 0.15) is 0 Å². The number of aryl methyl sites for hydroxylation is 2. The normalized spacial score (nSPS) is 13.9. The van der Waals surface area contributed by atoms with Gasteiger partial charge in [0.25, 0.3) is 15.9 Å². The van der Waals surface area contributed by atoms with Gasteiger partial charge in [0.15, 0.2) is 4.80 Å². The van der Waals surface area contributed by atoms with Crippen molar-refractivity contribution in [1.29, 1.82) is 0 Å². The van der Waals surface area contributed by atoms with Crippen LogP contribution in [0.4, 0.5) is 5.69 Å². The van der Waals surface area contributed by atoms with Crippen molar-refractivity contribution in [3.05, 3.63) is 100 Å². The number of hydrogen-bond acceptors (Lipinski definition) is 4. The molecule has 6 nitrogen and oxygen atoms in total. The molecule has 0 fully saturated rings. The number of nitrogens with zero attached hydrogens (tertiary/aromatic N) is 3. The van der Waals surface area contributed by atoms with Gasteiger partial charge in [-0.05, 0) is 79.4 Å². The summed E-state index contributed by atoms with van der Waals surface area (Å²) in [6, 6.07) is 17.7. The summed E-state index contributed by atoms with van der Waals surface area (Å²) >= 11 is 1.45. The summed E-state index contributed by atoms with van der Waals surface area (Å²) in [5, 5.41) is 0. The molecular formula is C27H25N3O3S2. The van der Waals surface area contributed by atoms with E-state index in [-0.39, 0.29) is 4.90 Å². The number of thiazole rings is 1. The standard InChI is InChI=1S/C27H25N3O3S2/c1-4-14-29-24-16-18(2)19(3)17-25(24)34-27(29)28-26(31)21-9-11-22(12-10-21)35(32,33)30-15-13-20-7-5-6-8-23(20)30/h4-12,16-17H,1,13-15H2,2-3H3. The van der Waals surface area contributed by atoms with Crippen molar-refractivity contribution in [2.45, 2.75) is 31.7 Å². The van der Waals surface area contributed by atoms with E-state index >= 15 is 0 Å². The van der Waals surface area contributed by atoms with E-state index in [0.717, 1.165) is 15.8 Å². The number of allylic oxidation sites excluding steroid dienone is 1. The van der Waals surface area contributed by atoms with Crippen LogP contribution in [0.25, 0.3) is 10.2 Å². The number of fused-ring (bicyclic) bond motifs is 2. The molecule has 178 valence electrons. The van der Waals surface area contributed by atoms with E-state index in [4.69, 9.17) is 0 Å². The summed E-state index contributed by atoms with van der Waals surface area (Å²) in [4.78, 5) is 18.1. The van der Waals surface area contributed by atoms with E-state index in [0.29, 0.717) is 35.6 Å². The first kappa shape index (κ1) is 23.3. The molecule has 0 saturated carbocycles. The number of benzene rings is 3. The molecule has 5 rings (SSSR count). The Morgan fingerprint density at radius 1 is 1.09 bits per heavy atom. The maximum Gasteiger partial charge on any atom is 0.279 e. The van der Waals surface area contributed by atoms with Crippen molar-refractivity contribution < 1.29 is 13.2 Å². The van der Waals surface area contributed by atoms with Gasteiger partial charge in [-0.15, -0.1) is 6.58 Å². The van der Waals surface area contributed by atoms with Crippen molar-refractivity contribution in [3.8, 4) is 0 Å². The van der Waals surface area contributed by atoms with Crippen LogP contribution < -0.4 is 9.11 Å². The molecule has 1 aliphatic rings. The predicted molar refractivity (Wildman–Crippen MR) is 140 cm³/mol.